The van der Waals surface area contributed by atoms with Gasteiger partial charge in [0.05, 0.1) is 12.7 Å². The van der Waals surface area contributed by atoms with E-state index in [1.165, 1.54) is 19.2 Å². The lowest BCUT2D eigenvalue weighted by Gasteiger charge is -2.16. The molecule has 0 heterocycles. The molecule has 0 saturated carbocycles. The summed E-state index contributed by atoms with van der Waals surface area (Å²) in [5.74, 6) is -0.242. The van der Waals surface area contributed by atoms with Gasteiger partial charge in [0.1, 0.15) is 5.75 Å². The number of aliphatic hydroxyl groups excluding tert-OH is 1. The van der Waals surface area contributed by atoms with E-state index >= 15 is 0 Å². The van der Waals surface area contributed by atoms with E-state index in [4.69, 9.17) is 4.74 Å². The average molecular weight is 307 g/mol. The number of hydrogen-bond acceptors (Lipinski definition) is 4. The molecule has 0 aromatic heterocycles. The minimum absolute atomic E-state index is 0.0420. The van der Waals surface area contributed by atoms with Crippen molar-refractivity contribution in [3.8, 4) is 5.75 Å². The fourth-order valence-electron chi connectivity index (χ4n) is 1.82. The lowest BCUT2D eigenvalue weighted by molar-refractivity contribution is -0.274. The molecule has 0 fully saturated rings. The van der Waals surface area contributed by atoms with Gasteiger partial charge in [0, 0.05) is 13.2 Å². The van der Waals surface area contributed by atoms with E-state index in [0.717, 1.165) is 5.56 Å². The summed E-state index contributed by atoms with van der Waals surface area (Å²) < 4.78 is 44.7. The van der Waals surface area contributed by atoms with E-state index in [0.29, 0.717) is 13.0 Å². The molecule has 1 rings (SSSR count). The Kier molecular flexibility index (Phi) is 6.94. The highest BCUT2D eigenvalue weighted by molar-refractivity contribution is 5.29. The number of ether oxygens (including phenoxy) is 2. The first-order valence-electron chi connectivity index (χ1n) is 6.58. The van der Waals surface area contributed by atoms with Crippen LogP contribution in [0.5, 0.6) is 5.75 Å². The molecule has 0 aliphatic rings. The van der Waals surface area contributed by atoms with E-state index < -0.39 is 12.5 Å². The Labute approximate surface area is 121 Å². The number of rotatable bonds is 8. The maximum Gasteiger partial charge on any atom is 0.573 e. The average Bonchev–Trinajstić information content (AvgIpc) is 2.38. The fraction of sp³-hybridized carbons (Fsp3) is 0.571. The predicted octanol–water partition coefficient (Wildman–Crippen LogP) is 2.63. The zero-order chi connectivity index (χ0) is 15.9. The van der Waals surface area contributed by atoms with Crippen LogP contribution in [0.3, 0.4) is 0 Å². The number of alkyl halides is 3. The molecule has 2 unspecified atom stereocenters. The summed E-state index contributed by atoms with van der Waals surface area (Å²) in [6.45, 7) is 2.74. The normalized spacial score (nSPS) is 14.8. The molecule has 4 nitrogen and oxygen atoms in total. The van der Waals surface area contributed by atoms with Crippen LogP contribution in [0.15, 0.2) is 24.3 Å². The summed E-state index contributed by atoms with van der Waals surface area (Å²) in [6.07, 6.45) is -4.67. The topological polar surface area (TPSA) is 50.7 Å². The Bertz CT molecular complexity index is 409. The van der Waals surface area contributed by atoms with E-state index in [1.807, 2.05) is 6.92 Å². The van der Waals surface area contributed by atoms with Gasteiger partial charge in [0.15, 0.2) is 0 Å². The van der Waals surface area contributed by atoms with Gasteiger partial charge < -0.3 is 19.9 Å². The predicted molar refractivity (Wildman–Crippen MR) is 72.0 cm³/mol. The first-order chi connectivity index (χ1) is 9.81. The molecule has 21 heavy (non-hydrogen) atoms. The minimum atomic E-state index is -4.68. The lowest BCUT2D eigenvalue weighted by atomic mass is 10.1. The number of benzene rings is 1. The summed E-state index contributed by atoms with van der Waals surface area (Å²) in [7, 11) is 1.52. The van der Waals surface area contributed by atoms with Crippen molar-refractivity contribution < 1.29 is 27.8 Å². The second-order valence-electron chi connectivity index (χ2n) is 4.69. The van der Waals surface area contributed by atoms with Crippen LogP contribution >= 0.6 is 0 Å². The molecule has 0 aliphatic heterocycles. The lowest BCUT2D eigenvalue weighted by Crippen LogP contribution is -2.25. The van der Waals surface area contributed by atoms with Crippen molar-refractivity contribution in [2.24, 2.45) is 0 Å². The molecule has 2 atom stereocenters. The molecule has 0 radical (unpaired) electrons. The second-order valence-corrected chi connectivity index (χ2v) is 4.69. The Balaban J connectivity index is 2.42. The Morgan fingerprint density at radius 2 is 1.86 bits per heavy atom. The monoisotopic (exact) mass is 307 g/mol. The maximum absolute atomic E-state index is 12.0. The Morgan fingerprint density at radius 1 is 1.24 bits per heavy atom. The summed E-state index contributed by atoms with van der Waals surface area (Å²) in [4.78, 5) is 0. The molecular weight excluding hydrogens is 287 g/mol. The van der Waals surface area contributed by atoms with Crippen LogP contribution in [0.2, 0.25) is 0 Å². The van der Waals surface area contributed by atoms with Gasteiger partial charge in [-0.05, 0) is 37.6 Å². The SMILES string of the molecule is COCC(O)CCNC(C)c1ccc(OC(F)(F)F)cc1. The van der Waals surface area contributed by atoms with Crippen LogP contribution in [0.25, 0.3) is 0 Å². The van der Waals surface area contributed by atoms with Gasteiger partial charge in [-0.3, -0.25) is 0 Å². The van der Waals surface area contributed by atoms with Gasteiger partial charge in [-0.15, -0.1) is 13.2 Å². The van der Waals surface area contributed by atoms with Crippen molar-refractivity contribution in [3.63, 3.8) is 0 Å². The first kappa shape index (κ1) is 17.7. The first-order valence-corrected chi connectivity index (χ1v) is 6.58. The number of hydrogen-bond donors (Lipinski definition) is 2. The van der Waals surface area contributed by atoms with Crippen molar-refractivity contribution in [1.82, 2.24) is 5.32 Å². The van der Waals surface area contributed by atoms with Crippen molar-refractivity contribution in [2.75, 3.05) is 20.3 Å². The van der Waals surface area contributed by atoms with Crippen molar-refractivity contribution in [1.29, 1.82) is 0 Å². The van der Waals surface area contributed by atoms with Crippen LogP contribution < -0.4 is 10.1 Å². The number of halogens is 3. The smallest absolute Gasteiger partial charge is 0.406 e. The molecule has 1 aromatic carbocycles. The summed E-state index contributed by atoms with van der Waals surface area (Å²) in [6, 6.07) is 5.66. The largest absolute Gasteiger partial charge is 0.573 e. The summed E-state index contributed by atoms with van der Waals surface area (Å²) in [5, 5.41) is 12.7. The number of aliphatic hydroxyl groups is 1. The zero-order valence-corrected chi connectivity index (χ0v) is 12.0. The quantitative estimate of drug-likeness (QED) is 0.775. The van der Waals surface area contributed by atoms with Gasteiger partial charge in [-0.2, -0.15) is 0 Å². The third kappa shape index (κ3) is 7.31. The molecule has 120 valence electrons. The second kappa shape index (κ2) is 8.21. The Morgan fingerprint density at radius 3 is 2.38 bits per heavy atom. The molecule has 0 aliphatic carbocycles. The standard InChI is InChI=1S/C14H20F3NO3/c1-10(18-8-7-12(19)9-20-2)11-3-5-13(6-4-11)21-14(15,16)17/h3-6,10,12,18-19H,7-9H2,1-2H3. The van der Waals surface area contributed by atoms with Crippen molar-refractivity contribution in [3.05, 3.63) is 29.8 Å². The van der Waals surface area contributed by atoms with E-state index in [-0.39, 0.29) is 18.4 Å². The molecule has 1 aromatic rings. The van der Waals surface area contributed by atoms with Crippen LogP contribution in [0, 0.1) is 0 Å². The molecule has 7 heteroatoms. The van der Waals surface area contributed by atoms with Crippen molar-refractivity contribution >= 4 is 0 Å². The molecule has 0 saturated heterocycles. The minimum Gasteiger partial charge on any atom is -0.406 e. The molecule has 0 spiro atoms. The fourth-order valence-corrected chi connectivity index (χ4v) is 1.82. The summed E-state index contributed by atoms with van der Waals surface area (Å²) in [5.41, 5.74) is 0.839. The van der Waals surface area contributed by atoms with Gasteiger partial charge in [-0.1, -0.05) is 12.1 Å². The van der Waals surface area contributed by atoms with E-state index in [2.05, 4.69) is 10.1 Å². The molecule has 0 bridgehead atoms. The maximum atomic E-state index is 12.0. The van der Waals surface area contributed by atoms with Crippen molar-refractivity contribution in [2.45, 2.75) is 31.9 Å². The highest BCUT2D eigenvalue weighted by Gasteiger charge is 2.30. The third-order valence-electron chi connectivity index (χ3n) is 2.90. The molecule has 2 N–H and O–H groups in total. The van der Waals surface area contributed by atoms with Gasteiger partial charge >= 0.3 is 6.36 Å². The highest BCUT2D eigenvalue weighted by atomic mass is 19.4. The zero-order valence-electron chi connectivity index (χ0n) is 12.0. The van der Waals surface area contributed by atoms with Gasteiger partial charge in [0.2, 0.25) is 0 Å². The number of methoxy groups -OCH3 is 1. The third-order valence-corrected chi connectivity index (χ3v) is 2.90. The van der Waals surface area contributed by atoms with Gasteiger partial charge in [-0.25, -0.2) is 0 Å². The van der Waals surface area contributed by atoms with E-state index in [1.54, 1.807) is 12.1 Å². The van der Waals surface area contributed by atoms with Crippen LogP contribution in [-0.4, -0.2) is 37.8 Å². The highest BCUT2D eigenvalue weighted by Crippen LogP contribution is 2.24. The van der Waals surface area contributed by atoms with E-state index in [9.17, 15) is 18.3 Å². The van der Waals surface area contributed by atoms with Crippen LogP contribution in [-0.2, 0) is 4.74 Å². The van der Waals surface area contributed by atoms with Gasteiger partial charge in [0.25, 0.3) is 0 Å². The molecule has 0 amide bonds. The van der Waals surface area contributed by atoms with Crippen LogP contribution in [0.4, 0.5) is 13.2 Å². The number of nitrogens with one attached hydrogen (secondary N) is 1. The van der Waals surface area contributed by atoms with Crippen LogP contribution in [0.1, 0.15) is 24.9 Å². The molecular formula is C14H20F3NO3. The Hall–Kier alpha value is -1.31. The summed E-state index contributed by atoms with van der Waals surface area (Å²) >= 11 is 0.